The van der Waals surface area contributed by atoms with Gasteiger partial charge in [0.25, 0.3) is 5.56 Å². The Morgan fingerprint density at radius 3 is 2.56 bits per heavy atom. The zero-order valence-electron chi connectivity index (χ0n) is 17.8. The molecule has 9 heteroatoms. The van der Waals surface area contributed by atoms with Crippen LogP contribution in [-0.2, 0) is 11.3 Å². The van der Waals surface area contributed by atoms with Crippen molar-refractivity contribution in [1.29, 1.82) is 0 Å². The predicted octanol–water partition coefficient (Wildman–Crippen LogP) is 3.78. The highest BCUT2D eigenvalue weighted by Gasteiger charge is 2.14. The highest BCUT2D eigenvalue weighted by molar-refractivity contribution is 6.33. The Morgan fingerprint density at radius 2 is 1.84 bits per heavy atom. The second kappa shape index (κ2) is 8.76. The van der Waals surface area contributed by atoms with Crippen LogP contribution in [0.5, 0.6) is 11.5 Å². The quantitative estimate of drug-likeness (QED) is 0.481. The zero-order chi connectivity index (χ0) is 22.8. The number of carbonyl (C=O) groups excluding carboxylic acids is 1. The van der Waals surface area contributed by atoms with E-state index in [2.05, 4.69) is 10.4 Å². The summed E-state index contributed by atoms with van der Waals surface area (Å²) in [5.74, 6) is 0.801. The first kappa shape index (κ1) is 21.5. The highest BCUT2D eigenvalue weighted by Crippen LogP contribution is 2.31. The number of methoxy groups -OCH3 is 2. The number of aryl methyl sites for hydroxylation is 1. The number of benzene rings is 2. The van der Waals surface area contributed by atoms with E-state index in [1.54, 1.807) is 50.7 Å². The molecule has 0 radical (unpaired) electrons. The smallest absolute Gasteiger partial charge is 0.277 e. The molecule has 164 valence electrons. The van der Waals surface area contributed by atoms with Gasteiger partial charge in [0.1, 0.15) is 12.1 Å². The van der Waals surface area contributed by atoms with Gasteiger partial charge < -0.3 is 19.4 Å². The van der Waals surface area contributed by atoms with Gasteiger partial charge in [0.15, 0.2) is 11.5 Å². The van der Waals surface area contributed by atoms with Gasteiger partial charge in [0.05, 0.1) is 30.6 Å². The van der Waals surface area contributed by atoms with Gasteiger partial charge >= 0.3 is 0 Å². The summed E-state index contributed by atoms with van der Waals surface area (Å²) in [5, 5.41) is 7.65. The van der Waals surface area contributed by atoms with Crippen molar-refractivity contribution in [2.24, 2.45) is 0 Å². The third-order valence-electron chi connectivity index (χ3n) is 5.00. The van der Waals surface area contributed by atoms with Gasteiger partial charge in [0, 0.05) is 18.0 Å². The Labute approximate surface area is 189 Å². The molecule has 0 unspecified atom stereocenters. The molecule has 0 spiro atoms. The molecule has 32 heavy (non-hydrogen) atoms. The monoisotopic (exact) mass is 452 g/mol. The summed E-state index contributed by atoms with van der Waals surface area (Å²) in [4.78, 5) is 25.4. The van der Waals surface area contributed by atoms with Crippen LogP contribution >= 0.6 is 11.6 Å². The fourth-order valence-electron chi connectivity index (χ4n) is 3.35. The molecule has 2 aromatic heterocycles. The molecule has 0 atom stereocenters. The van der Waals surface area contributed by atoms with Gasteiger partial charge in [-0.1, -0.05) is 17.7 Å². The van der Waals surface area contributed by atoms with Crippen molar-refractivity contribution in [3.8, 4) is 22.8 Å². The lowest BCUT2D eigenvalue weighted by Gasteiger charge is -2.09. The van der Waals surface area contributed by atoms with E-state index in [0.717, 1.165) is 11.1 Å². The minimum Gasteiger partial charge on any atom is -0.493 e. The lowest BCUT2D eigenvalue weighted by molar-refractivity contribution is -0.116. The topological polar surface area (TPSA) is 86.9 Å². The normalized spacial score (nSPS) is 10.9. The van der Waals surface area contributed by atoms with Crippen molar-refractivity contribution in [3.05, 3.63) is 75.8 Å². The third-order valence-corrected chi connectivity index (χ3v) is 5.31. The number of ether oxygens (including phenoxy) is 2. The minimum absolute atomic E-state index is 0.156. The summed E-state index contributed by atoms with van der Waals surface area (Å²) in [6.45, 7) is 1.75. The van der Waals surface area contributed by atoms with Crippen LogP contribution in [-0.4, -0.2) is 34.3 Å². The molecule has 1 N–H and O–H groups in total. The number of amides is 1. The molecular weight excluding hydrogens is 432 g/mol. The summed E-state index contributed by atoms with van der Waals surface area (Å²) in [6.07, 6.45) is 3.16. The van der Waals surface area contributed by atoms with Crippen molar-refractivity contribution in [3.63, 3.8) is 0 Å². The van der Waals surface area contributed by atoms with Gasteiger partial charge in [-0.25, -0.2) is 4.52 Å². The second-order valence-electron chi connectivity index (χ2n) is 7.19. The average Bonchev–Trinajstić information content (AvgIpc) is 3.22. The molecule has 0 fully saturated rings. The van der Waals surface area contributed by atoms with Crippen LogP contribution in [0, 0.1) is 6.92 Å². The first-order chi connectivity index (χ1) is 15.4. The Hall–Kier alpha value is -3.78. The fourth-order valence-corrected chi connectivity index (χ4v) is 3.64. The van der Waals surface area contributed by atoms with Crippen LogP contribution in [0.1, 0.15) is 5.56 Å². The van der Waals surface area contributed by atoms with E-state index >= 15 is 0 Å². The largest absolute Gasteiger partial charge is 0.493 e. The number of aromatic nitrogens is 3. The zero-order valence-corrected chi connectivity index (χ0v) is 18.5. The van der Waals surface area contributed by atoms with E-state index in [1.807, 2.05) is 19.1 Å². The second-order valence-corrected chi connectivity index (χ2v) is 7.60. The fraction of sp³-hybridized carbons (Fsp3) is 0.174. The number of nitrogens with zero attached hydrogens (tertiary/aromatic N) is 3. The molecule has 8 nitrogen and oxygen atoms in total. The molecule has 2 heterocycles. The average molecular weight is 453 g/mol. The van der Waals surface area contributed by atoms with Crippen molar-refractivity contribution in [1.82, 2.24) is 14.2 Å². The van der Waals surface area contributed by atoms with Crippen molar-refractivity contribution >= 4 is 28.7 Å². The van der Waals surface area contributed by atoms with E-state index in [1.165, 1.54) is 15.3 Å². The maximum absolute atomic E-state index is 12.9. The van der Waals surface area contributed by atoms with Crippen LogP contribution in [0.4, 0.5) is 5.69 Å². The molecule has 4 rings (SSSR count). The van der Waals surface area contributed by atoms with Crippen LogP contribution in [0.25, 0.3) is 16.8 Å². The number of anilines is 1. The van der Waals surface area contributed by atoms with Crippen LogP contribution < -0.4 is 20.3 Å². The molecule has 0 saturated carbocycles. The summed E-state index contributed by atoms with van der Waals surface area (Å²) in [5.41, 5.74) is 2.85. The highest BCUT2D eigenvalue weighted by atomic mass is 35.5. The standard InChI is InChI=1S/C23H21ClN4O4/c1-14-4-6-17(16(24)10-14)25-22(29)13-27-8-9-28-19(23(27)30)12-18(26-28)15-5-7-20(31-2)21(11-15)32-3/h4-12H,13H2,1-3H3,(H,25,29). The van der Waals surface area contributed by atoms with E-state index in [0.29, 0.717) is 33.4 Å². The summed E-state index contributed by atoms with van der Waals surface area (Å²) < 4.78 is 13.4. The number of fused-ring (bicyclic) bond motifs is 1. The first-order valence-corrected chi connectivity index (χ1v) is 10.1. The predicted molar refractivity (Wildman–Crippen MR) is 123 cm³/mol. The lowest BCUT2D eigenvalue weighted by Crippen LogP contribution is -2.28. The molecule has 0 bridgehead atoms. The Morgan fingerprint density at radius 1 is 1.06 bits per heavy atom. The SMILES string of the molecule is COc1ccc(-c2cc3c(=O)n(CC(=O)Nc4ccc(C)cc4Cl)ccn3n2)cc1OC. The van der Waals surface area contributed by atoms with Gasteiger partial charge in [-0.15, -0.1) is 0 Å². The number of nitrogens with one attached hydrogen (secondary N) is 1. The summed E-state index contributed by atoms with van der Waals surface area (Å²) in [6, 6.07) is 12.4. The minimum atomic E-state index is -0.359. The van der Waals surface area contributed by atoms with Crippen LogP contribution in [0.3, 0.4) is 0 Å². The van der Waals surface area contributed by atoms with Gasteiger partial charge in [-0.05, 0) is 48.9 Å². The number of rotatable bonds is 6. The molecule has 0 aliphatic rings. The maximum Gasteiger partial charge on any atom is 0.277 e. The molecule has 0 aliphatic heterocycles. The molecule has 2 aromatic carbocycles. The Balaban J connectivity index is 1.61. The number of hydrogen-bond donors (Lipinski definition) is 1. The lowest BCUT2D eigenvalue weighted by atomic mass is 10.1. The van der Waals surface area contributed by atoms with E-state index in [9.17, 15) is 9.59 Å². The van der Waals surface area contributed by atoms with Crippen molar-refractivity contribution < 1.29 is 14.3 Å². The van der Waals surface area contributed by atoms with Gasteiger partial charge in [-0.2, -0.15) is 5.10 Å². The van der Waals surface area contributed by atoms with Gasteiger partial charge in [-0.3, -0.25) is 9.59 Å². The Kier molecular flexibility index (Phi) is 5.87. The number of carbonyl (C=O) groups is 1. The molecule has 0 aliphatic carbocycles. The molecule has 1 amide bonds. The van der Waals surface area contributed by atoms with Crippen molar-refractivity contribution in [2.75, 3.05) is 19.5 Å². The van der Waals surface area contributed by atoms with Crippen LogP contribution in [0.2, 0.25) is 5.02 Å². The summed E-state index contributed by atoms with van der Waals surface area (Å²) in [7, 11) is 3.12. The number of hydrogen-bond acceptors (Lipinski definition) is 5. The summed E-state index contributed by atoms with van der Waals surface area (Å²) >= 11 is 6.18. The van der Waals surface area contributed by atoms with E-state index in [4.69, 9.17) is 21.1 Å². The van der Waals surface area contributed by atoms with E-state index < -0.39 is 0 Å². The maximum atomic E-state index is 12.9. The number of halogens is 1. The Bertz CT molecular complexity index is 1380. The molecule has 4 aromatic rings. The molecular formula is C23H21ClN4O4. The third kappa shape index (κ3) is 4.17. The van der Waals surface area contributed by atoms with Crippen LogP contribution in [0.15, 0.2) is 59.7 Å². The molecule has 0 saturated heterocycles. The first-order valence-electron chi connectivity index (χ1n) is 9.77. The van der Waals surface area contributed by atoms with Gasteiger partial charge in [0.2, 0.25) is 5.91 Å². The van der Waals surface area contributed by atoms with Crippen molar-refractivity contribution in [2.45, 2.75) is 13.5 Å². The van der Waals surface area contributed by atoms with E-state index in [-0.39, 0.29) is 18.0 Å².